The third-order valence-electron chi connectivity index (χ3n) is 2.52. The minimum absolute atomic E-state index is 0.116. The molecular formula is C9H11FN2O4. The largest absolute Gasteiger partial charge is 0.393 e. The Morgan fingerprint density at radius 1 is 1.69 bits per heavy atom. The van der Waals surface area contributed by atoms with Gasteiger partial charge in [0.25, 0.3) is 5.56 Å². The van der Waals surface area contributed by atoms with Crippen LogP contribution in [0.3, 0.4) is 0 Å². The third kappa shape index (κ3) is 1.91. The number of aliphatic hydroxyl groups excluding tert-OH is 1. The lowest BCUT2D eigenvalue weighted by atomic mass is 10.1. The normalized spacial score (nSPS) is 29.5. The monoisotopic (exact) mass is 230 g/mol. The molecule has 2 heterocycles. The predicted octanol–water partition coefficient (Wildman–Crippen LogP) is -0.844. The second kappa shape index (κ2) is 3.84. The number of halogens is 1. The Kier molecular flexibility index (Phi) is 2.64. The van der Waals surface area contributed by atoms with Gasteiger partial charge in [0, 0.05) is 18.7 Å². The standard InChI is InChI=1S/C9H11FN2O4/c10-9(4-13)3-7(16-5-9)12-2-1-6(14)11-8(12)15/h1-2,7,13H,3-5H2,(H,11,14,15)/t7-,9+/m1/s1. The van der Waals surface area contributed by atoms with Crippen molar-refractivity contribution in [3.8, 4) is 0 Å². The van der Waals surface area contributed by atoms with E-state index in [9.17, 15) is 14.0 Å². The van der Waals surface area contributed by atoms with E-state index in [0.717, 1.165) is 10.6 Å². The average Bonchev–Trinajstić information content (AvgIpc) is 2.62. The maximum Gasteiger partial charge on any atom is 0.330 e. The average molecular weight is 230 g/mol. The van der Waals surface area contributed by atoms with Crippen LogP contribution >= 0.6 is 0 Å². The van der Waals surface area contributed by atoms with Gasteiger partial charge in [0.2, 0.25) is 0 Å². The van der Waals surface area contributed by atoms with Crippen molar-refractivity contribution in [1.82, 2.24) is 9.55 Å². The molecule has 2 atom stereocenters. The van der Waals surface area contributed by atoms with Crippen molar-refractivity contribution >= 4 is 0 Å². The number of rotatable bonds is 2. The molecule has 0 radical (unpaired) electrons. The van der Waals surface area contributed by atoms with Gasteiger partial charge in [0.15, 0.2) is 5.67 Å². The lowest BCUT2D eigenvalue weighted by Crippen LogP contribution is -2.32. The highest BCUT2D eigenvalue weighted by Crippen LogP contribution is 2.32. The quantitative estimate of drug-likeness (QED) is 0.693. The fourth-order valence-corrected chi connectivity index (χ4v) is 1.62. The van der Waals surface area contributed by atoms with Crippen LogP contribution in [0.5, 0.6) is 0 Å². The van der Waals surface area contributed by atoms with Crippen molar-refractivity contribution in [3.63, 3.8) is 0 Å². The maximum absolute atomic E-state index is 13.6. The van der Waals surface area contributed by atoms with Gasteiger partial charge in [-0.3, -0.25) is 14.3 Å². The number of alkyl halides is 1. The molecule has 1 fully saturated rings. The first-order valence-electron chi connectivity index (χ1n) is 4.77. The first kappa shape index (κ1) is 11.0. The van der Waals surface area contributed by atoms with Gasteiger partial charge in [0.05, 0.1) is 13.2 Å². The van der Waals surface area contributed by atoms with E-state index < -0.39 is 29.8 Å². The molecule has 0 saturated carbocycles. The lowest BCUT2D eigenvalue weighted by Gasteiger charge is -2.14. The number of ether oxygens (including phenoxy) is 1. The molecule has 1 saturated heterocycles. The van der Waals surface area contributed by atoms with Gasteiger partial charge >= 0.3 is 5.69 Å². The molecule has 88 valence electrons. The SMILES string of the molecule is O=c1ccn([C@H]2C[C@](F)(CO)CO2)c(=O)[nH]1. The van der Waals surface area contributed by atoms with Crippen LogP contribution in [0.1, 0.15) is 12.6 Å². The molecule has 2 rings (SSSR count). The van der Waals surface area contributed by atoms with Gasteiger partial charge in [-0.25, -0.2) is 9.18 Å². The Balaban J connectivity index is 2.27. The summed E-state index contributed by atoms with van der Waals surface area (Å²) in [4.78, 5) is 24.2. The van der Waals surface area contributed by atoms with E-state index in [1.807, 2.05) is 4.98 Å². The molecule has 0 aliphatic carbocycles. The van der Waals surface area contributed by atoms with Gasteiger partial charge in [-0.15, -0.1) is 0 Å². The van der Waals surface area contributed by atoms with Gasteiger partial charge in [0.1, 0.15) is 6.23 Å². The smallest absolute Gasteiger partial charge is 0.330 e. The van der Waals surface area contributed by atoms with Gasteiger partial charge in [-0.1, -0.05) is 0 Å². The summed E-state index contributed by atoms with van der Waals surface area (Å²) in [5.74, 6) is 0. The zero-order valence-electron chi connectivity index (χ0n) is 8.35. The van der Waals surface area contributed by atoms with Crippen LogP contribution < -0.4 is 11.2 Å². The zero-order valence-corrected chi connectivity index (χ0v) is 8.35. The molecule has 1 aliphatic heterocycles. The number of hydrogen-bond acceptors (Lipinski definition) is 4. The molecule has 0 spiro atoms. The molecule has 1 aliphatic rings. The van der Waals surface area contributed by atoms with Crippen molar-refractivity contribution < 1.29 is 14.2 Å². The van der Waals surface area contributed by atoms with E-state index >= 15 is 0 Å². The Bertz CT molecular complexity index is 497. The summed E-state index contributed by atoms with van der Waals surface area (Å²) in [6, 6.07) is 1.15. The van der Waals surface area contributed by atoms with Crippen molar-refractivity contribution in [2.24, 2.45) is 0 Å². The second-order valence-corrected chi connectivity index (χ2v) is 3.80. The molecule has 0 unspecified atom stereocenters. The van der Waals surface area contributed by atoms with Gasteiger partial charge in [-0.05, 0) is 0 Å². The van der Waals surface area contributed by atoms with E-state index in [1.165, 1.54) is 6.20 Å². The van der Waals surface area contributed by atoms with Crippen molar-refractivity contribution in [3.05, 3.63) is 33.1 Å². The fourth-order valence-electron chi connectivity index (χ4n) is 1.62. The predicted molar refractivity (Wildman–Crippen MR) is 51.9 cm³/mol. The highest BCUT2D eigenvalue weighted by atomic mass is 19.1. The summed E-state index contributed by atoms with van der Waals surface area (Å²) in [6.07, 6.45) is 0.339. The summed E-state index contributed by atoms with van der Waals surface area (Å²) < 4.78 is 19.8. The maximum atomic E-state index is 13.6. The highest BCUT2D eigenvalue weighted by molar-refractivity contribution is 4.91. The summed E-state index contributed by atoms with van der Waals surface area (Å²) >= 11 is 0. The lowest BCUT2D eigenvalue weighted by molar-refractivity contribution is 0.0273. The van der Waals surface area contributed by atoms with E-state index in [1.54, 1.807) is 0 Å². The van der Waals surface area contributed by atoms with Crippen LogP contribution in [0.15, 0.2) is 21.9 Å². The van der Waals surface area contributed by atoms with Crippen LogP contribution in [0.25, 0.3) is 0 Å². The van der Waals surface area contributed by atoms with Gasteiger partial charge < -0.3 is 9.84 Å². The highest BCUT2D eigenvalue weighted by Gasteiger charge is 2.41. The molecule has 2 N–H and O–H groups in total. The Morgan fingerprint density at radius 2 is 2.44 bits per heavy atom. The molecule has 0 aromatic carbocycles. The summed E-state index contributed by atoms with van der Waals surface area (Å²) in [5, 5.41) is 8.80. The van der Waals surface area contributed by atoms with Crippen LogP contribution in [-0.4, -0.2) is 33.5 Å². The topological polar surface area (TPSA) is 84.3 Å². The molecule has 1 aromatic rings. The second-order valence-electron chi connectivity index (χ2n) is 3.80. The number of H-pyrrole nitrogens is 1. The number of aromatic nitrogens is 2. The van der Waals surface area contributed by atoms with E-state index in [-0.39, 0.29) is 13.0 Å². The van der Waals surface area contributed by atoms with E-state index in [4.69, 9.17) is 9.84 Å². The van der Waals surface area contributed by atoms with E-state index in [0.29, 0.717) is 0 Å². The molecule has 16 heavy (non-hydrogen) atoms. The third-order valence-corrected chi connectivity index (χ3v) is 2.52. The molecule has 0 bridgehead atoms. The van der Waals surface area contributed by atoms with Crippen LogP contribution in [0.4, 0.5) is 4.39 Å². The van der Waals surface area contributed by atoms with Gasteiger partial charge in [-0.2, -0.15) is 0 Å². The minimum atomic E-state index is -1.82. The van der Waals surface area contributed by atoms with E-state index in [2.05, 4.69) is 0 Å². The molecule has 1 aromatic heterocycles. The molecule has 0 amide bonds. The number of nitrogens with one attached hydrogen (secondary N) is 1. The summed E-state index contributed by atoms with van der Waals surface area (Å²) in [6.45, 7) is -0.915. The van der Waals surface area contributed by atoms with Crippen molar-refractivity contribution in [2.75, 3.05) is 13.2 Å². The van der Waals surface area contributed by atoms with Crippen molar-refractivity contribution in [2.45, 2.75) is 18.3 Å². The van der Waals surface area contributed by atoms with Crippen LogP contribution in [-0.2, 0) is 4.74 Å². The van der Waals surface area contributed by atoms with Crippen molar-refractivity contribution in [1.29, 1.82) is 0 Å². The molecule has 6 nitrogen and oxygen atoms in total. The first-order valence-corrected chi connectivity index (χ1v) is 4.77. The first-order chi connectivity index (χ1) is 7.54. The molecular weight excluding hydrogens is 219 g/mol. The Morgan fingerprint density at radius 3 is 3.00 bits per heavy atom. The van der Waals surface area contributed by atoms with Crippen LogP contribution in [0.2, 0.25) is 0 Å². The number of nitrogens with zero attached hydrogens (tertiary/aromatic N) is 1. The minimum Gasteiger partial charge on any atom is -0.393 e. The number of aliphatic hydroxyl groups is 1. The van der Waals surface area contributed by atoms with Crippen LogP contribution in [0, 0.1) is 0 Å². The summed E-state index contributed by atoms with van der Waals surface area (Å²) in [7, 11) is 0. The number of aromatic amines is 1. The Hall–Kier alpha value is -1.47. The molecule has 7 heteroatoms. The Labute approximate surface area is 89.3 Å². The zero-order chi connectivity index (χ0) is 11.8. The fraction of sp³-hybridized carbons (Fsp3) is 0.556. The number of hydrogen-bond donors (Lipinski definition) is 2. The summed E-state index contributed by atoms with van der Waals surface area (Å²) in [5.41, 5.74) is -2.99.